The van der Waals surface area contributed by atoms with Crippen LogP contribution in [0.2, 0.25) is 0 Å². The van der Waals surface area contributed by atoms with E-state index in [1.165, 1.54) is 0 Å². The van der Waals surface area contributed by atoms with E-state index >= 15 is 0 Å². The lowest BCUT2D eigenvalue weighted by Gasteiger charge is -2.12. The van der Waals surface area contributed by atoms with Gasteiger partial charge < -0.3 is 114 Å². The highest BCUT2D eigenvalue weighted by atomic mass is 16.7. The van der Waals surface area contributed by atoms with E-state index in [2.05, 4.69) is 0 Å². The maximum absolute atomic E-state index is 5.33. The molecule has 12 rings (SSSR count). The van der Waals surface area contributed by atoms with Crippen molar-refractivity contribution in [1.29, 1.82) is 0 Å². The van der Waals surface area contributed by atoms with Crippen molar-refractivity contribution in [2.45, 2.75) is 41.5 Å². The van der Waals surface area contributed by atoms with Crippen molar-refractivity contribution in [3.05, 3.63) is 69.8 Å². The number of hydrogen-bond acceptors (Lipinski definition) is 24. The zero-order valence-corrected chi connectivity index (χ0v) is 50.5. The largest absolute Gasteiger partial charge is 0.496 e. The standard InChI is InChI=1S/6C10H12O4/c1-6-9(12-3)7(11-2)4-8-10(6)14-5-13-8;1-6-7(11-2)4-8-10(9(6)12-3)14-5-13-8;1-6-7(11-2)4-8(12-3)10-9(6)13-5-14-10;1-6-4-7-9(14-5-13-7)10(12-3)8(6)11-2;1-6-4-7(11-2)9(12-3)10-8(6)13-5-14-10;1-6-4-7(11-2)9-10(8(6)12-3)14-5-13-9/h6*4H,5H2,1-3H3. The predicted octanol–water partition coefficient (Wildman–Crippen LogP) is 10.4. The molecule has 0 amide bonds. The highest BCUT2D eigenvalue weighted by Crippen LogP contribution is 2.53. The Kier molecular flexibility index (Phi) is 21.1. The summed E-state index contributed by atoms with van der Waals surface area (Å²) in [5.74, 6) is 16.2. The molecule has 0 unspecified atom stereocenters. The van der Waals surface area contributed by atoms with Gasteiger partial charge in [0.2, 0.25) is 86.8 Å². The number of benzene rings is 6. The van der Waals surface area contributed by atoms with Gasteiger partial charge in [0.25, 0.3) is 0 Å². The molecule has 24 heteroatoms. The van der Waals surface area contributed by atoms with E-state index in [1.54, 1.807) is 104 Å². The van der Waals surface area contributed by atoms with Crippen LogP contribution >= 0.6 is 0 Å². The molecule has 0 saturated heterocycles. The first kappa shape index (κ1) is 62.1. The van der Waals surface area contributed by atoms with Crippen molar-refractivity contribution in [3.63, 3.8) is 0 Å². The summed E-state index contributed by atoms with van der Waals surface area (Å²) in [7, 11) is 19.2. The molecule has 0 saturated carbocycles. The Hall–Kier alpha value is -9.48. The van der Waals surface area contributed by atoms with Gasteiger partial charge in [-0.2, -0.15) is 0 Å². The molecule has 6 aliphatic heterocycles. The normalized spacial score (nSPS) is 12.8. The molecule has 0 radical (unpaired) electrons. The van der Waals surface area contributed by atoms with Gasteiger partial charge in [0.15, 0.2) is 80.5 Å². The van der Waals surface area contributed by atoms with Crippen molar-refractivity contribution in [3.8, 4) is 138 Å². The van der Waals surface area contributed by atoms with Crippen LogP contribution in [0, 0.1) is 41.5 Å². The molecule has 6 heterocycles. The maximum Gasteiger partial charge on any atom is 0.231 e. The zero-order chi connectivity index (χ0) is 60.8. The summed E-state index contributed by atoms with van der Waals surface area (Å²) < 4.78 is 126. The summed E-state index contributed by atoms with van der Waals surface area (Å²) in [4.78, 5) is 0. The highest BCUT2D eigenvalue weighted by molar-refractivity contribution is 5.67. The number of methoxy groups -OCH3 is 12. The lowest BCUT2D eigenvalue weighted by atomic mass is 10.1. The van der Waals surface area contributed by atoms with Crippen LogP contribution in [0.15, 0.2) is 36.4 Å². The highest BCUT2D eigenvalue weighted by Gasteiger charge is 2.30. The maximum atomic E-state index is 5.33. The Morgan fingerprint density at radius 1 is 0.214 bits per heavy atom. The molecular formula is C60H72O24. The third-order valence-electron chi connectivity index (χ3n) is 13.2. The van der Waals surface area contributed by atoms with Crippen molar-refractivity contribution >= 4 is 0 Å². The van der Waals surface area contributed by atoms with Crippen LogP contribution in [0.4, 0.5) is 0 Å². The first-order valence-corrected chi connectivity index (χ1v) is 25.7. The number of hydrogen-bond donors (Lipinski definition) is 0. The van der Waals surface area contributed by atoms with Gasteiger partial charge in [0, 0.05) is 34.9 Å². The molecule has 84 heavy (non-hydrogen) atoms. The third-order valence-corrected chi connectivity index (χ3v) is 13.2. The van der Waals surface area contributed by atoms with Gasteiger partial charge in [-0.05, 0) is 76.4 Å². The smallest absolute Gasteiger partial charge is 0.231 e. The first-order chi connectivity index (χ1) is 40.6. The van der Waals surface area contributed by atoms with Gasteiger partial charge in [-0.15, -0.1) is 0 Å². The molecule has 0 aliphatic carbocycles. The Morgan fingerprint density at radius 2 is 0.571 bits per heavy atom. The molecule has 0 N–H and O–H groups in total. The SMILES string of the molecule is COc1c(C)cc2c(c1OC)OCO2.COc1cc(C)c(OC)c2c1OCO2.COc1cc(C)c2c(c1OC)OCO2.COc1cc(OC)c2c(c1C)OCO2.COc1cc2c(c(C)c1OC)OCO2.COc1cc2c(c(OC)c1C)OCO2. The predicted molar refractivity (Wildman–Crippen MR) is 302 cm³/mol. The van der Waals surface area contributed by atoms with E-state index in [-0.39, 0.29) is 40.8 Å². The first-order valence-electron chi connectivity index (χ1n) is 25.7. The van der Waals surface area contributed by atoms with E-state index in [9.17, 15) is 0 Å². The number of ether oxygens (including phenoxy) is 24. The minimum absolute atomic E-state index is 0.214. The quantitative estimate of drug-likeness (QED) is 0.111. The summed E-state index contributed by atoms with van der Waals surface area (Å²) in [6, 6.07) is 11.0. The fraction of sp³-hybridized carbons (Fsp3) is 0.400. The monoisotopic (exact) mass is 1180 g/mol. The van der Waals surface area contributed by atoms with Crippen LogP contribution in [-0.4, -0.2) is 126 Å². The van der Waals surface area contributed by atoms with Crippen molar-refractivity contribution in [2.24, 2.45) is 0 Å². The van der Waals surface area contributed by atoms with Crippen LogP contribution in [0.25, 0.3) is 0 Å². The third kappa shape index (κ3) is 12.8. The van der Waals surface area contributed by atoms with E-state index in [4.69, 9.17) is 114 Å². The molecule has 6 aliphatic rings. The fourth-order valence-electron chi connectivity index (χ4n) is 9.24. The van der Waals surface area contributed by atoms with Crippen LogP contribution in [0.5, 0.6) is 138 Å². The van der Waals surface area contributed by atoms with Crippen molar-refractivity contribution < 1.29 is 114 Å². The molecule has 456 valence electrons. The van der Waals surface area contributed by atoms with E-state index in [0.29, 0.717) is 115 Å². The van der Waals surface area contributed by atoms with Gasteiger partial charge in [0.1, 0.15) is 11.5 Å². The van der Waals surface area contributed by atoms with E-state index < -0.39 is 0 Å². The zero-order valence-electron chi connectivity index (χ0n) is 50.5. The second-order valence-corrected chi connectivity index (χ2v) is 17.9. The summed E-state index contributed by atoms with van der Waals surface area (Å²) in [5, 5.41) is 0. The van der Waals surface area contributed by atoms with Crippen LogP contribution < -0.4 is 114 Å². The van der Waals surface area contributed by atoms with E-state index in [0.717, 1.165) is 56.4 Å². The Morgan fingerprint density at radius 3 is 1.11 bits per heavy atom. The summed E-state index contributed by atoms with van der Waals surface area (Å²) in [5.41, 5.74) is 5.66. The number of fused-ring (bicyclic) bond motifs is 6. The lowest BCUT2D eigenvalue weighted by Crippen LogP contribution is -1.95. The Labute approximate surface area is 487 Å². The second kappa shape index (κ2) is 28.5. The van der Waals surface area contributed by atoms with Gasteiger partial charge in [0.05, 0.1) is 85.3 Å². The summed E-state index contributed by atoms with van der Waals surface area (Å²) >= 11 is 0. The molecule has 0 aromatic heterocycles. The van der Waals surface area contributed by atoms with Crippen LogP contribution in [0.3, 0.4) is 0 Å². The number of aryl methyl sites for hydroxylation is 3. The van der Waals surface area contributed by atoms with Crippen molar-refractivity contribution in [2.75, 3.05) is 126 Å². The van der Waals surface area contributed by atoms with Gasteiger partial charge >= 0.3 is 0 Å². The molecule has 24 nitrogen and oxygen atoms in total. The molecule has 6 aromatic carbocycles. The molecule has 0 fully saturated rings. The average molecular weight is 1180 g/mol. The number of rotatable bonds is 12. The van der Waals surface area contributed by atoms with E-state index in [1.807, 2.05) is 59.7 Å². The molecule has 6 aromatic rings. The molecule has 0 spiro atoms. The molecule has 0 atom stereocenters. The Bertz CT molecular complexity index is 3250. The molecule has 0 bridgehead atoms. The lowest BCUT2D eigenvalue weighted by molar-refractivity contribution is 0.168. The topological polar surface area (TPSA) is 222 Å². The molecular weight excluding hydrogens is 1100 g/mol. The van der Waals surface area contributed by atoms with Gasteiger partial charge in [-0.1, -0.05) is 0 Å². The second-order valence-electron chi connectivity index (χ2n) is 17.9. The van der Waals surface area contributed by atoms with Gasteiger partial charge in [-0.3, -0.25) is 0 Å². The average Bonchev–Trinajstić information content (AvgIpc) is 4.46. The minimum Gasteiger partial charge on any atom is -0.496 e. The minimum atomic E-state index is 0.214. The fourth-order valence-corrected chi connectivity index (χ4v) is 9.24. The van der Waals surface area contributed by atoms with Crippen LogP contribution in [-0.2, 0) is 0 Å². The summed E-state index contributed by atoms with van der Waals surface area (Å²) in [6.45, 7) is 13.0. The van der Waals surface area contributed by atoms with Crippen LogP contribution in [0.1, 0.15) is 33.4 Å². The van der Waals surface area contributed by atoms with Crippen molar-refractivity contribution in [1.82, 2.24) is 0 Å². The Balaban J connectivity index is 0.000000145. The summed E-state index contributed by atoms with van der Waals surface area (Å²) in [6.07, 6.45) is 0. The van der Waals surface area contributed by atoms with Gasteiger partial charge in [-0.25, -0.2) is 0 Å².